The van der Waals surface area contributed by atoms with Crippen LogP contribution < -0.4 is 5.32 Å². The van der Waals surface area contributed by atoms with Crippen LogP contribution in [0.25, 0.3) is 10.8 Å². The fourth-order valence-electron chi connectivity index (χ4n) is 4.64. The average molecular weight is 472 g/mol. The molecule has 0 bridgehead atoms. The molecule has 6 nitrogen and oxygen atoms in total. The van der Waals surface area contributed by atoms with Gasteiger partial charge in [-0.05, 0) is 55.3 Å². The number of Topliss-reactive ketones (excluding diaryl/α,β-unsaturated/α-hetero) is 1. The van der Waals surface area contributed by atoms with Crippen molar-refractivity contribution in [3.8, 4) is 0 Å². The Morgan fingerprint density at radius 3 is 2.60 bits per heavy atom. The number of nitrogens with one attached hydrogen (secondary N) is 1. The molecule has 1 unspecified atom stereocenters. The minimum Gasteiger partial charge on any atom is -0.464 e. The van der Waals surface area contributed by atoms with Crippen molar-refractivity contribution in [3.63, 3.8) is 0 Å². The number of anilines is 2. The van der Waals surface area contributed by atoms with Crippen LogP contribution in [0.5, 0.6) is 0 Å². The van der Waals surface area contributed by atoms with E-state index in [0.29, 0.717) is 25.9 Å². The van der Waals surface area contributed by atoms with Gasteiger partial charge in [-0.15, -0.1) is 0 Å². The highest BCUT2D eigenvalue weighted by molar-refractivity contribution is 6.11. The first-order valence-electron chi connectivity index (χ1n) is 12.5. The van der Waals surface area contributed by atoms with Gasteiger partial charge < -0.3 is 10.1 Å². The molecule has 1 aliphatic carbocycles. The number of fused-ring (bicyclic) bond motifs is 1. The van der Waals surface area contributed by atoms with E-state index in [2.05, 4.69) is 30.4 Å². The Morgan fingerprint density at radius 1 is 1.11 bits per heavy atom. The van der Waals surface area contributed by atoms with Crippen molar-refractivity contribution in [1.82, 2.24) is 4.98 Å². The van der Waals surface area contributed by atoms with E-state index in [-0.39, 0.29) is 17.7 Å². The number of benzene rings is 2. The fraction of sp³-hybridized carbons (Fsp3) is 0.379. The van der Waals surface area contributed by atoms with Gasteiger partial charge in [0.25, 0.3) is 0 Å². The van der Waals surface area contributed by atoms with Crippen molar-refractivity contribution in [2.45, 2.75) is 58.9 Å². The predicted molar refractivity (Wildman–Crippen MR) is 140 cm³/mol. The Morgan fingerprint density at radius 2 is 1.89 bits per heavy atom. The summed E-state index contributed by atoms with van der Waals surface area (Å²) in [5.41, 5.74) is 3.78. The van der Waals surface area contributed by atoms with Gasteiger partial charge in [-0.2, -0.15) is 0 Å². The molecule has 3 aromatic rings. The Kier molecular flexibility index (Phi) is 7.91. The van der Waals surface area contributed by atoms with Gasteiger partial charge in [-0.3, -0.25) is 9.79 Å². The molecule has 6 heteroatoms. The van der Waals surface area contributed by atoms with E-state index in [1.807, 2.05) is 43.3 Å². The Labute approximate surface area is 206 Å². The SMILES string of the molecule is CCOC(=O)[C@H](Cc1ccc(Nc2nc(CC)cc3ccccc23)cc1)N=C1CCC(=O)C1CC. The van der Waals surface area contributed by atoms with Gasteiger partial charge in [0.05, 0.1) is 12.5 Å². The smallest absolute Gasteiger partial charge is 0.331 e. The van der Waals surface area contributed by atoms with Crippen molar-refractivity contribution in [3.05, 3.63) is 65.9 Å². The van der Waals surface area contributed by atoms with Gasteiger partial charge in [0.2, 0.25) is 0 Å². The lowest BCUT2D eigenvalue weighted by Crippen LogP contribution is -2.27. The molecule has 1 fully saturated rings. The summed E-state index contributed by atoms with van der Waals surface area (Å²) in [7, 11) is 0. The van der Waals surface area contributed by atoms with E-state index < -0.39 is 6.04 Å². The largest absolute Gasteiger partial charge is 0.464 e. The molecule has 0 spiro atoms. The van der Waals surface area contributed by atoms with Crippen LogP contribution in [0.15, 0.2) is 59.6 Å². The molecule has 1 saturated carbocycles. The number of esters is 1. The second kappa shape index (κ2) is 11.3. The van der Waals surface area contributed by atoms with Crippen molar-refractivity contribution >= 4 is 39.7 Å². The molecule has 0 aliphatic heterocycles. The van der Waals surface area contributed by atoms with Gasteiger partial charge in [-0.1, -0.05) is 50.2 Å². The minimum absolute atomic E-state index is 0.167. The molecular formula is C29H33N3O3. The van der Waals surface area contributed by atoms with E-state index >= 15 is 0 Å². The number of aliphatic imine (C=N–C) groups is 1. The maximum Gasteiger partial charge on any atom is 0.331 e. The number of ketones is 1. The maximum atomic E-state index is 12.7. The van der Waals surface area contributed by atoms with E-state index in [9.17, 15) is 9.59 Å². The van der Waals surface area contributed by atoms with Gasteiger partial charge in [-0.25, -0.2) is 9.78 Å². The first-order chi connectivity index (χ1) is 17.0. The summed E-state index contributed by atoms with van der Waals surface area (Å²) in [6.07, 6.45) is 3.15. The number of carbonyl (C=O) groups is 2. The number of aromatic nitrogens is 1. The van der Waals surface area contributed by atoms with Crippen LogP contribution in [0.2, 0.25) is 0 Å². The summed E-state index contributed by atoms with van der Waals surface area (Å²) in [5.74, 6) is 0.542. The molecule has 0 radical (unpaired) electrons. The van der Waals surface area contributed by atoms with Crippen molar-refractivity contribution in [2.24, 2.45) is 10.9 Å². The van der Waals surface area contributed by atoms with Crippen molar-refractivity contribution in [1.29, 1.82) is 0 Å². The molecule has 2 atom stereocenters. The first kappa shape index (κ1) is 24.6. The first-order valence-corrected chi connectivity index (χ1v) is 12.5. The molecule has 1 aliphatic rings. The summed E-state index contributed by atoms with van der Waals surface area (Å²) in [4.78, 5) is 34.3. The average Bonchev–Trinajstić information content (AvgIpc) is 3.23. The highest BCUT2D eigenvalue weighted by Gasteiger charge is 2.31. The second-order valence-corrected chi connectivity index (χ2v) is 8.88. The lowest BCUT2D eigenvalue weighted by molar-refractivity contribution is -0.144. The quantitative estimate of drug-likeness (QED) is 0.396. The van der Waals surface area contributed by atoms with Crippen LogP contribution in [-0.2, 0) is 27.2 Å². The third-order valence-electron chi connectivity index (χ3n) is 6.51. The fourth-order valence-corrected chi connectivity index (χ4v) is 4.64. The lowest BCUT2D eigenvalue weighted by Gasteiger charge is -2.15. The normalized spacial score (nSPS) is 17.6. The van der Waals surface area contributed by atoms with Gasteiger partial charge in [0, 0.05) is 35.3 Å². The molecule has 2 aromatic carbocycles. The third-order valence-corrected chi connectivity index (χ3v) is 6.51. The van der Waals surface area contributed by atoms with E-state index in [0.717, 1.165) is 52.1 Å². The Balaban J connectivity index is 1.54. The van der Waals surface area contributed by atoms with Gasteiger partial charge >= 0.3 is 5.97 Å². The molecule has 4 rings (SSSR count). The predicted octanol–water partition coefficient (Wildman–Crippen LogP) is 5.85. The number of rotatable bonds is 9. The molecule has 0 saturated heterocycles. The number of carbonyl (C=O) groups excluding carboxylic acids is 2. The number of nitrogens with zero attached hydrogens (tertiary/aromatic N) is 2. The van der Waals surface area contributed by atoms with E-state index in [1.165, 1.54) is 0 Å². The van der Waals surface area contributed by atoms with Crippen molar-refractivity contribution < 1.29 is 14.3 Å². The zero-order valence-electron chi connectivity index (χ0n) is 20.7. The molecule has 35 heavy (non-hydrogen) atoms. The van der Waals surface area contributed by atoms with Gasteiger partial charge in [0.1, 0.15) is 11.6 Å². The summed E-state index contributed by atoms with van der Waals surface area (Å²) in [6, 6.07) is 17.7. The van der Waals surface area contributed by atoms with Crippen molar-refractivity contribution in [2.75, 3.05) is 11.9 Å². The summed E-state index contributed by atoms with van der Waals surface area (Å²) >= 11 is 0. The highest BCUT2D eigenvalue weighted by Crippen LogP contribution is 2.27. The number of pyridine rings is 1. The topological polar surface area (TPSA) is 80.7 Å². The van der Waals surface area contributed by atoms with Crippen LogP contribution in [0.4, 0.5) is 11.5 Å². The number of hydrogen-bond acceptors (Lipinski definition) is 6. The maximum absolute atomic E-state index is 12.7. The third kappa shape index (κ3) is 5.76. The Hall–Kier alpha value is -3.54. The van der Waals surface area contributed by atoms with Gasteiger partial charge in [0.15, 0.2) is 6.04 Å². The lowest BCUT2D eigenvalue weighted by atomic mass is 10.0. The zero-order chi connectivity index (χ0) is 24.8. The summed E-state index contributed by atoms with van der Waals surface area (Å²) in [6.45, 7) is 6.19. The summed E-state index contributed by atoms with van der Waals surface area (Å²) in [5, 5.41) is 5.69. The van der Waals surface area contributed by atoms with E-state index in [4.69, 9.17) is 14.7 Å². The molecule has 1 heterocycles. The summed E-state index contributed by atoms with van der Waals surface area (Å²) < 4.78 is 5.30. The highest BCUT2D eigenvalue weighted by atomic mass is 16.5. The monoisotopic (exact) mass is 471 g/mol. The number of ether oxygens (including phenoxy) is 1. The number of aryl methyl sites for hydroxylation is 1. The van der Waals surface area contributed by atoms with Crippen LogP contribution >= 0.6 is 0 Å². The molecule has 182 valence electrons. The van der Waals surface area contributed by atoms with E-state index in [1.54, 1.807) is 6.92 Å². The zero-order valence-corrected chi connectivity index (χ0v) is 20.7. The van der Waals surface area contributed by atoms with Crippen LogP contribution in [-0.4, -0.2) is 35.1 Å². The minimum atomic E-state index is -0.643. The number of hydrogen-bond donors (Lipinski definition) is 1. The second-order valence-electron chi connectivity index (χ2n) is 8.88. The molecule has 1 aromatic heterocycles. The molecule has 1 N–H and O–H groups in total. The van der Waals surface area contributed by atoms with Crippen LogP contribution in [0.1, 0.15) is 51.3 Å². The standard InChI is InChI=1S/C29H33N3O3/c1-4-21-18-20-9-7-8-10-24(20)28(30-21)31-22-13-11-19(12-14-22)17-26(29(34)35-6-3)32-25-15-16-27(33)23(25)5-2/h7-14,18,23,26H,4-6,15-17H2,1-3H3,(H,30,31)/t23?,26-/m0/s1. The van der Waals surface area contributed by atoms with Crippen LogP contribution in [0, 0.1) is 5.92 Å². The Bertz CT molecular complexity index is 1230. The molecular weight excluding hydrogens is 438 g/mol. The van der Waals surface area contributed by atoms with Crippen LogP contribution in [0.3, 0.4) is 0 Å². The molecule has 0 amide bonds.